The zero-order chi connectivity index (χ0) is 17.7. The van der Waals surface area contributed by atoms with E-state index >= 15 is 0 Å². The Balaban J connectivity index is 2.63. The number of benzene rings is 1. The Morgan fingerprint density at radius 1 is 1.04 bits per heavy atom. The molecule has 1 aromatic rings. The summed E-state index contributed by atoms with van der Waals surface area (Å²) in [6.07, 6.45) is 4.20. The average molecular weight is 316 g/mol. The zero-order valence-corrected chi connectivity index (χ0v) is 15.0. The zero-order valence-electron chi connectivity index (χ0n) is 15.0. The van der Waals surface area contributed by atoms with E-state index < -0.39 is 0 Å². The van der Waals surface area contributed by atoms with Crippen molar-refractivity contribution in [2.75, 3.05) is 5.32 Å². The van der Waals surface area contributed by atoms with E-state index in [4.69, 9.17) is 0 Å². The largest absolute Gasteiger partial charge is 0.348 e. The van der Waals surface area contributed by atoms with Gasteiger partial charge in [0.1, 0.15) is 0 Å². The monoisotopic (exact) mass is 316 g/mol. The average Bonchev–Trinajstić information content (AvgIpc) is 2.33. The molecule has 0 fully saturated rings. The van der Waals surface area contributed by atoms with Crippen LogP contribution in [0.4, 0.5) is 5.69 Å². The summed E-state index contributed by atoms with van der Waals surface area (Å²) in [5.41, 5.74) is 1.54. The minimum absolute atomic E-state index is 0.103. The lowest BCUT2D eigenvalue weighted by atomic mass is 9.82. The molecule has 0 radical (unpaired) electrons. The molecule has 0 bridgehead atoms. The van der Waals surface area contributed by atoms with Gasteiger partial charge in [-0.1, -0.05) is 32.9 Å². The number of rotatable bonds is 5. The van der Waals surface area contributed by atoms with Crippen LogP contribution in [0.3, 0.4) is 0 Å². The van der Waals surface area contributed by atoms with Gasteiger partial charge in [-0.2, -0.15) is 0 Å². The van der Waals surface area contributed by atoms with Crippen molar-refractivity contribution in [2.45, 2.75) is 53.5 Å². The predicted molar refractivity (Wildman–Crippen MR) is 96.1 cm³/mol. The van der Waals surface area contributed by atoms with Crippen LogP contribution in [0.1, 0.15) is 53.5 Å². The molecule has 0 saturated carbocycles. The molecular weight excluding hydrogens is 288 g/mol. The fourth-order valence-electron chi connectivity index (χ4n) is 2.80. The quantitative estimate of drug-likeness (QED) is 0.807. The maximum Gasteiger partial charge on any atom is 0.244 e. The second-order valence-electron chi connectivity index (χ2n) is 7.75. The van der Waals surface area contributed by atoms with Crippen LogP contribution in [0.2, 0.25) is 0 Å². The number of amides is 2. The first kappa shape index (κ1) is 18.9. The summed E-state index contributed by atoms with van der Waals surface area (Å²) < 4.78 is 0. The van der Waals surface area contributed by atoms with Crippen LogP contribution in [0, 0.1) is 5.41 Å². The van der Waals surface area contributed by atoms with E-state index in [1.807, 2.05) is 38.1 Å². The van der Waals surface area contributed by atoms with Crippen LogP contribution in [-0.2, 0) is 9.59 Å². The van der Waals surface area contributed by atoms with E-state index in [1.165, 1.54) is 13.0 Å². The van der Waals surface area contributed by atoms with Crippen LogP contribution in [0.5, 0.6) is 0 Å². The predicted octanol–water partition coefficient (Wildman–Crippen LogP) is 3.99. The van der Waals surface area contributed by atoms with Crippen LogP contribution in [0.25, 0.3) is 6.08 Å². The molecule has 4 nitrogen and oxygen atoms in total. The molecule has 2 amide bonds. The molecule has 0 aromatic heterocycles. The molecule has 0 unspecified atom stereocenters. The van der Waals surface area contributed by atoms with Crippen molar-refractivity contribution in [3.05, 3.63) is 35.9 Å². The minimum Gasteiger partial charge on any atom is -0.348 e. The van der Waals surface area contributed by atoms with Crippen molar-refractivity contribution in [1.82, 2.24) is 5.32 Å². The fourth-order valence-corrected chi connectivity index (χ4v) is 2.80. The van der Waals surface area contributed by atoms with Crippen LogP contribution < -0.4 is 10.6 Å². The molecule has 1 aromatic carbocycles. The van der Waals surface area contributed by atoms with Gasteiger partial charge >= 0.3 is 0 Å². The second-order valence-corrected chi connectivity index (χ2v) is 7.75. The van der Waals surface area contributed by atoms with Gasteiger partial charge in [-0.05, 0) is 49.5 Å². The van der Waals surface area contributed by atoms with Gasteiger partial charge in [0, 0.05) is 24.2 Å². The van der Waals surface area contributed by atoms with Crippen molar-refractivity contribution in [2.24, 2.45) is 5.41 Å². The van der Waals surface area contributed by atoms with Crippen molar-refractivity contribution in [1.29, 1.82) is 0 Å². The summed E-state index contributed by atoms with van der Waals surface area (Å²) in [4.78, 5) is 23.0. The van der Waals surface area contributed by atoms with E-state index in [9.17, 15) is 9.59 Å². The van der Waals surface area contributed by atoms with E-state index in [2.05, 4.69) is 31.4 Å². The van der Waals surface area contributed by atoms with Gasteiger partial charge in [0.2, 0.25) is 11.8 Å². The Hall–Kier alpha value is -2.10. The van der Waals surface area contributed by atoms with Gasteiger partial charge in [0.15, 0.2) is 0 Å². The Morgan fingerprint density at radius 3 is 2.09 bits per heavy atom. The molecule has 0 saturated heterocycles. The lowest BCUT2D eigenvalue weighted by molar-refractivity contribution is -0.118. The van der Waals surface area contributed by atoms with Gasteiger partial charge in [-0.15, -0.1) is 0 Å². The first-order valence-corrected chi connectivity index (χ1v) is 7.85. The first-order chi connectivity index (χ1) is 10.5. The fraction of sp³-hybridized carbons (Fsp3) is 0.474. The molecule has 0 aliphatic carbocycles. The molecule has 0 atom stereocenters. The molecule has 0 heterocycles. The normalized spacial score (nSPS) is 12.3. The third-order valence-electron chi connectivity index (χ3n) is 3.09. The van der Waals surface area contributed by atoms with Gasteiger partial charge < -0.3 is 10.6 Å². The molecular formula is C19H28N2O2. The number of hydrogen-bond donors (Lipinski definition) is 2. The molecule has 0 aliphatic rings. The number of hydrogen-bond acceptors (Lipinski definition) is 2. The number of carbonyl (C=O) groups is 2. The van der Waals surface area contributed by atoms with Crippen LogP contribution in [-0.4, -0.2) is 17.4 Å². The highest BCUT2D eigenvalue weighted by Gasteiger charge is 2.26. The third kappa shape index (κ3) is 8.19. The van der Waals surface area contributed by atoms with E-state index in [-0.39, 0.29) is 22.8 Å². The topological polar surface area (TPSA) is 58.2 Å². The molecule has 4 heteroatoms. The third-order valence-corrected chi connectivity index (χ3v) is 3.09. The van der Waals surface area contributed by atoms with Crippen molar-refractivity contribution < 1.29 is 9.59 Å². The highest BCUT2D eigenvalue weighted by atomic mass is 16.2. The molecule has 2 N–H and O–H groups in total. The van der Waals surface area contributed by atoms with Crippen molar-refractivity contribution in [3.63, 3.8) is 0 Å². The summed E-state index contributed by atoms with van der Waals surface area (Å²) >= 11 is 0. The van der Waals surface area contributed by atoms with Crippen LogP contribution in [0.15, 0.2) is 30.3 Å². The summed E-state index contributed by atoms with van der Waals surface area (Å²) in [5, 5.41) is 5.75. The van der Waals surface area contributed by atoms with Gasteiger partial charge in [-0.3, -0.25) is 9.59 Å². The highest BCUT2D eigenvalue weighted by Crippen LogP contribution is 2.26. The number of nitrogens with one attached hydrogen (secondary N) is 2. The van der Waals surface area contributed by atoms with Gasteiger partial charge in [0.05, 0.1) is 0 Å². The SMILES string of the molecule is CC(=O)Nc1ccc(/C=C/C(=O)NC(C)(C)CC(C)(C)C)cc1. The lowest BCUT2D eigenvalue weighted by Crippen LogP contribution is -2.45. The van der Waals surface area contributed by atoms with Crippen LogP contribution >= 0.6 is 0 Å². The molecule has 0 spiro atoms. The Bertz CT molecular complexity index is 578. The summed E-state index contributed by atoms with van der Waals surface area (Å²) in [6.45, 7) is 12.0. The maximum absolute atomic E-state index is 12.1. The maximum atomic E-state index is 12.1. The summed E-state index contributed by atoms with van der Waals surface area (Å²) in [5.74, 6) is -0.209. The molecule has 1 rings (SSSR count). The Labute approximate surface area is 139 Å². The molecule has 0 aliphatic heterocycles. The highest BCUT2D eigenvalue weighted by molar-refractivity contribution is 5.92. The lowest BCUT2D eigenvalue weighted by Gasteiger charge is -2.32. The first-order valence-electron chi connectivity index (χ1n) is 7.85. The van der Waals surface area contributed by atoms with Crippen molar-refractivity contribution in [3.8, 4) is 0 Å². The van der Waals surface area contributed by atoms with E-state index in [1.54, 1.807) is 6.08 Å². The second kappa shape index (κ2) is 7.44. The molecule has 126 valence electrons. The van der Waals surface area contributed by atoms with Gasteiger partial charge in [-0.25, -0.2) is 0 Å². The number of carbonyl (C=O) groups excluding carboxylic acids is 2. The van der Waals surface area contributed by atoms with E-state index in [0.29, 0.717) is 0 Å². The summed E-state index contributed by atoms with van der Waals surface area (Å²) in [6, 6.07) is 7.33. The van der Waals surface area contributed by atoms with Gasteiger partial charge in [0.25, 0.3) is 0 Å². The van der Waals surface area contributed by atoms with Crippen molar-refractivity contribution >= 4 is 23.6 Å². The smallest absolute Gasteiger partial charge is 0.244 e. The number of anilines is 1. The standard InChI is InChI=1S/C19H28N2O2/c1-14(22)20-16-10-7-15(8-11-16)9-12-17(23)21-19(5,6)13-18(2,3)4/h7-12H,13H2,1-6H3,(H,20,22)(H,21,23)/b12-9+. The summed E-state index contributed by atoms with van der Waals surface area (Å²) in [7, 11) is 0. The minimum atomic E-state index is -0.255. The van der Waals surface area contributed by atoms with E-state index in [0.717, 1.165) is 17.7 Å². The Morgan fingerprint density at radius 2 is 1.61 bits per heavy atom. The molecule has 23 heavy (non-hydrogen) atoms. The Kier molecular flexibility index (Phi) is 6.13.